The van der Waals surface area contributed by atoms with Gasteiger partial charge in [-0.15, -0.1) is 11.3 Å². The highest BCUT2D eigenvalue weighted by molar-refractivity contribution is 7.10. The van der Waals surface area contributed by atoms with Crippen molar-refractivity contribution in [3.8, 4) is 0 Å². The molecular weight excluding hydrogens is 304 g/mol. The van der Waals surface area contributed by atoms with E-state index in [1.807, 2.05) is 18.4 Å². The minimum absolute atomic E-state index is 0.116. The summed E-state index contributed by atoms with van der Waals surface area (Å²) in [6.07, 6.45) is 3.88. The van der Waals surface area contributed by atoms with Crippen LogP contribution in [-0.4, -0.2) is 50.1 Å². The Morgan fingerprint density at radius 2 is 2.09 bits per heavy atom. The first-order valence-corrected chi connectivity index (χ1v) is 9.67. The molecule has 0 amide bonds. The Morgan fingerprint density at radius 1 is 1.35 bits per heavy atom. The molecule has 0 aliphatic carbocycles. The molecule has 0 aromatic carbocycles. The molecule has 1 fully saturated rings. The van der Waals surface area contributed by atoms with Crippen LogP contribution in [0, 0.1) is 0 Å². The van der Waals surface area contributed by atoms with E-state index in [1.165, 1.54) is 37.2 Å². The summed E-state index contributed by atoms with van der Waals surface area (Å²) in [5, 5.41) is 9.16. The van der Waals surface area contributed by atoms with E-state index in [2.05, 4.69) is 58.8 Å². The Balaban J connectivity index is 1.81. The third kappa shape index (κ3) is 5.21. The van der Waals surface area contributed by atoms with E-state index >= 15 is 0 Å². The summed E-state index contributed by atoms with van der Waals surface area (Å²) in [6, 6.07) is 4.95. The van der Waals surface area contributed by atoms with Crippen molar-refractivity contribution < 1.29 is 0 Å². The lowest BCUT2D eigenvalue weighted by Crippen LogP contribution is -2.48. The van der Waals surface area contributed by atoms with E-state index in [0.717, 1.165) is 19.0 Å². The molecule has 5 heteroatoms. The average Bonchev–Trinajstić information content (AvgIpc) is 3.24. The fourth-order valence-corrected chi connectivity index (χ4v) is 3.98. The molecule has 0 spiro atoms. The quantitative estimate of drug-likeness (QED) is 0.594. The molecule has 1 atom stereocenters. The smallest absolute Gasteiger partial charge is 0.191 e. The van der Waals surface area contributed by atoms with E-state index in [1.54, 1.807) is 0 Å². The molecule has 2 heterocycles. The van der Waals surface area contributed by atoms with Gasteiger partial charge in [0.2, 0.25) is 0 Å². The number of hydrogen-bond acceptors (Lipinski definition) is 3. The number of hydrogen-bond donors (Lipinski definition) is 2. The minimum Gasteiger partial charge on any atom is -0.356 e. The molecule has 1 aliphatic heterocycles. The zero-order chi connectivity index (χ0) is 16.7. The van der Waals surface area contributed by atoms with Gasteiger partial charge >= 0.3 is 0 Å². The Morgan fingerprint density at radius 3 is 2.65 bits per heavy atom. The monoisotopic (exact) mass is 336 g/mol. The largest absolute Gasteiger partial charge is 0.356 e. The number of thiophene rings is 1. The maximum Gasteiger partial charge on any atom is 0.191 e. The molecule has 0 radical (unpaired) electrons. The summed E-state index contributed by atoms with van der Waals surface area (Å²) in [5.41, 5.74) is 0.116. The molecule has 1 aromatic heterocycles. The van der Waals surface area contributed by atoms with Gasteiger partial charge in [-0.3, -0.25) is 9.89 Å². The topological polar surface area (TPSA) is 39.7 Å². The van der Waals surface area contributed by atoms with Crippen LogP contribution >= 0.6 is 11.3 Å². The molecule has 0 saturated carbocycles. The van der Waals surface area contributed by atoms with E-state index in [9.17, 15) is 0 Å². The standard InChI is InChI=1S/C18H32N4S/c1-5-15(22-10-6-7-11-22)13-20-17(19-4)21-14-18(2,3)16-9-8-12-23-16/h8-9,12,15H,5-7,10-11,13-14H2,1-4H3,(H2,19,20,21). The summed E-state index contributed by atoms with van der Waals surface area (Å²) in [5.74, 6) is 0.910. The van der Waals surface area contributed by atoms with Crippen LogP contribution in [0.25, 0.3) is 0 Å². The van der Waals surface area contributed by atoms with Crippen molar-refractivity contribution in [3.05, 3.63) is 22.4 Å². The molecule has 1 aromatic rings. The van der Waals surface area contributed by atoms with Gasteiger partial charge in [0, 0.05) is 36.5 Å². The van der Waals surface area contributed by atoms with Crippen LogP contribution < -0.4 is 10.6 Å². The number of likely N-dealkylation sites (tertiary alicyclic amines) is 1. The second-order valence-corrected chi connectivity index (χ2v) is 7.92. The van der Waals surface area contributed by atoms with Crippen molar-refractivity contribution in [1.29, 1.82) is 0 Å². The van der Waals surface area contributed by atoms with E-state index in [4.69, 9.17) is 0 Å². The molecular formula is C18H32N4S. The van der Waals surface area contributed by atoms with Gasteiger partial charge in [-0.25, -0.2) is 0 Å². The summed E-state index contributed by atoms with van der Waals surface area (Å²) < 4.78 is 0. The van der Waals surface area contributed by atoms with E-state index in [-0.39, 0.29) is 5.41 Å². The minimum atomic E-state index is 0.116. The van der Waals surface area contributed by atoms with Crippen molar-refractivity contribution in [2.45, 2.75) is 51.5 Å². The van der Waals surface area contributed by atoms with Crippen LogP contribution in [0.1, 0.15) is 44.9 Å². The lowest BCUT2D eigenvalue weighted by Gasteiger charge is -2.28. The van der Waals surface area contributed by atoms with Crippen molar-refractivity contribution in [3.63, 3.8) is 0 Å². The second kappa shape index (κ2) is 8.69. The molecule has 2 N–H and O–H groups in total. The van der Waals surface area contributed by atoms with E-state index < -0.39 is 0 Å². The van der Waals surface area contributed by atoms with Gasteiger partial charge in [0.05, 0.1) is 0 Å². The maximum absolute atomic E-state index is 4.38. The van der Waals surface area contributed by atoms with Crippen LogP contribution in [0.5, 0.6) is 0 Å². The molecule has 2 rings (SSSR count). The summed E-state index contributed by atoms with van der Waals surface area (Å²) in [7, 11) is 1.85. The Kier molecular flexibility index (Phi) is 6.90. The van der Waals surface area contributed by atoms with E-state index in [0.29, 0.717) is 6.04 Å². The molecule has 23 heavy (non-hydrogen) atoms. The zero-order valence-electron chi connectivity index (χ0n) is 15.1. The van der Waals surface area contributed by atoms with Gasteiger partial charge in [-0.1, -0.05) is 26.8 Å². The van der Waals surface area contributed by atoms with Crippen LogP contribution in [0.2, 0.25) is 0 Å². The number of guanidine groups is 1. The van der Waals surface area contributed by atoms with Crippen molar-refractivity contribution in [1.82, 2.24) is 15.5 Å². The normalized spacial score (nSPS) is 18.2. The highest BCUT2D eigenvalue weighted by atomic mass is 32.1. The fraction of sp³-hybridized carbons (Fsp3) is 0.722. The van der Waals surface area contributed by atoms with Gasteiger partial charge in [0.25, 0.3) is 0 Å². The van der Waals surface area contributed by atoms with Crippen LogP contribution in [0.3, 0.4) is 0 Å². The first-order chi connectivity index (χ1) is 11.1. The molecule has 0 bridgehead atoms. The van der Waals surface area contributed by atoms with Gasteiger partial charge in [-0.05, 0) is 43.8 Å². The zero-order valence-corrected chi connectivity index (χ0v) is 15.9. The second-order valence-electron chi connectivity index (χ2n) is 6.97. The van der Waals surface area contributed by atoms with Crippen LogP contribution in [0.4, 0.5) is 0 Å². The predicted octanol–water partition coefficient (Wildman–Crippen LogP) is 3.07. The lowest BCUT2D eigenvalue weighted by molar-refractivity contribution is 0.236. The van der Waals surface area contributed by atoms with Gasteiger partial charge in [0.15, 0.2) is 5.96 Å². The predicted molar refractivity (Wildman–Crippen MR) is 102 cm³/mol. The summed E-state index contributed by atoms with van der Waals surface area (Å²) >= 11 is 1.82. The van der Waals surface area contributed by atoms with Crippen LogP contribution in [-0.2, 0) is 5.41 Å². The molecule has 130 valence electrons. The maximum atomic E-state index is 4.38. The summed E-state index contributed by atoms with van der Waals surface area (Å²) in [6.45, 7) is 11.2. The third-order valence-electron chi connectivity index (χ3n) is 4.74. The van der Waals surface area contributed by atoms with Crippen LogP contribution in [0.15, 0.2) is 22.5 Å². The van der Waals surface area contributed by atoms with Crippen molar-refractivity contribution >= 4 is 17.3 Å². The Bertz CT molecular complexity index is 475. The molecule has 1 saturated heterocycles. The first-order valence-electron chi connectivity index (χ1n) is 8.79. The fourth-order valence-electron chi connectivity index (χ4n) is 3.13. The Labute approximate surface area is 145 Å². The highest BCUT2D eigenvalue weighted by Gasteiger charge is 2.23. The molecule has 4 nitrogen and oxygen atoms in total. The first kappa shape index (κ1) is 18.3. The SMILES string of the molecule is CCC(CNC(=NC)NCC(C)(C)c1cccs1)N1CCCC1. The number of nitrogens with one attached hydrogen (secondary N) is 2. The highest BCUT2D eigenvalue weighted by Crippen LogP contribution is 2.26. The average molecular weight is 337 g/mol. The summed E-state index contributed by atoms with van der Waals surface area (Å²) in [4.78, 5) is 8.40. The van der Waals surface area contributed by atoms with Crippen molar-refractivity contribution in [2.75, 3.05) is 33.2 Å². The van der Waals surface area contributed by atoms with Gasteiger partial charge in [0.1, 0.15) is 0 Å². The third-order valence-corrected chi connectivity index (χ3v) is 5.98. The number of aliphatic imine (C=N–C) groups is 1. The van der Waals surface area contributed by atoms with Crippen molar-refractivity contribution in [2.24, 2.45) is 4.99 Å². The number of nitrogens with zero attached hydrogens (tertiary/aromatic N) is 2. The molecule has 1 aliphatic rings. The van der Waals surface area contributed by atoms with Gasteiger partial charge < -0.3 is 10.6 Å². The molecule has 1 unspecified atom stereocenters. The number of rotatable bonds is 7. The lowest BCUT2D eigenvalue weighted by atomic mass is 9.91. The van der Waals surface area contributed by atoms with Gasteiger partial charge in [-0.2, -0.15) is 0 Å². The Hall–Kier alpha value is -1.07.